The molecule has 30 heavy (non-hydrogen) atoms. The number of nitrogens with two attached hydrogens (primary N) is 1. The monoisotopic (exact) mass is 430 g/mol. The van der Waals surface area contributed by atoms with Crippen LogP contribution in [-0.2, 0) is 30.8 Å². The molecule has 0 radical (unpaired) electrons. The number of likely N-dealkylation sites (tertiary alicyclic amines) is 1. The van der Waals surface area contributed by atoms with E-state index in [-0.39, 0.29) is 58.5 Å². The highest BCUT2D eigenvalue weighted by Gasteiger charge is 2.60. The van der Waals surface area contributed by atoms with Gasteiger partial charge in [0.2, 0.25) is 21.8 Å². The van der Waals surface area contributed by atoms with Gasteiger partial charge in [-0.3, -0.25) is 19.3 Å². The standard InChI is InChI=1S/C22H26N2O5S/c1-12(2)9-17(18(25)10-13-3-7-16(8-4-13)30(23,28)29)24-21(26)19-14-5-6-15(11-14)20(19)22(24)27/h3-8,12,14-15,17,19-20H,9-11H2,1-2H3,(H2,23,28,29). The van der Waals surface area contributed by atoms with Crippen LogP contribution in [0.1, 0.15) is 32.3 Å². The minimum Gasteiger partial charge on any atom is -0.297 e. The Morgan fingerprint density at radius 1 is 1.07 bits per heavy atom. The Morgan fingerprint density at radius 2 is 1.60 bits per heavy atom. The van der Waals surface area contributed by atoms with Crippen LogP contribution in [0.3, 0.4) is 0 Å². The maximum absolute atomic E-state index is 13.2. The molecule has 1 heterocycles. The number of carbonyl (C=O) groups excluding carboxylic acids is 3. The molecule has 7 nitrogen and oxygen atoms in total. The lowest BCUT2D eigenvalue weighted by Crippen LogP contribution is -2.47. The van der Waals surface area contributed by atoms with Crippen LogP contribution < -0.4 is 5.14 Å². The number of allylic oxidation sites excluding steroid dienone is 2. The van der Waals surface area contributed by atoms with Gasteiger partial charge in [0.15, 0.2) is 5.78 Å². The van der Waals surface area contributed by atoms with Gasteiger partial charge in [0.05, 0.1) is 22.8 Å². The van der Waals surface area contributed by atoms with Gasteiger partial charge >= 0.3 is 0 Å². The van der Waals surface area contributed by atoms with E-state index in [1.165, 1.54) is 29.2 Å². The van der Waals surface area contributed by atoms with Gasteiger partial charge in [0.25, 0.3) is 0 Å². The van der Waals surface area contributed by atoms with Crippen molar-refractivity contribution >= 4 is 27.6 Å². The van der Waals surface area contributed by atoms with Crippen molar-refractivity contribution in [2.45, 2.75) is 44.0 Å². The quantitative estimate of drug-likeness (QED) is 0.522. The summed E-state index contributed by atoms with van der Waals surface area (Å²) in [4.78, 5) is 40.7. The van der Waals surface area contributed by atoms with Gasteiger partial charge in [-0.1, -0.05) is 38.1 Å². The van der Waals surface area contributed by atoms with Crippen LogP contribution in [0.4, 0.5) is 0 Å². The van der Waals surface area contributed by atoms with E-state index < -0.39 is 16.1 Å². The summed E-state index contributed by atoms with van der Waals surface area (Å²) in [7, 11) is -3.81. The van der Waals surface area contributed by atoms with Crippen LogP contribution in [0.2, 0.25) is 0 Å². The molecule has 2 amide bonds. The summed E-state index contributed by atoms with van der Waals surface area (Å²) >= 11 is 0. The van der Waals surface area contributed by atoms with E-state index in [1.807, 2.05) is 26.0 Å². The third-order valence-corrected chi connectivity index (χ3v) is 7.44. The molecule has 1 aromatic carbocycles. The SMILES string of the molecule is CC(C)CC(C(=O)Cc1ccc(S(N)(=O)=O)cc1)N1C(=O)C2C3C=CC(C3)C2C1=O. The van der Waals surface area contributed by atoms with Crippen molar-refractivity contribution in [2.24, 2.45) is 34.7 Å². The van der Waals surface area contributed by atoms with E-state index in [0.717, 1.165) is 6.42 Å². The number of amides is 2. The fraction of sp³-hybridized carbons (Fsp3) is 0.500. The number of rotatable bonds is 7. The van der Waals surface area contributed by atoms with Crippen molar-refractivity contribution in [3.63, 3.8) is 0 Å². The number of carbonyl (C=O) groups is 3. The first-order chi connectivity index (χ1) is 14.1. The first-order valence-corrected chi connectivity index (χ1v) is 11.8. The summed E-state index contributed by atoms with van der Waals surface area (Å²) in [6, 6.07) is 4.99. The lowest BCUT2D eigenvalue weighted by atomic mass is 9.85. The van der Waals surface area contributed by atoms with Crippen LogP contribution in [0.15, 0.2) is 41.3 Å². The Morgan fingerprint density at radius 3 is 2.07 bits per heavy atom. The van der Waals surface area contributed by atoms with Gasteiger partial charge in [-0.25, -0.2) is 13.6 Å². The number of fused-ring (bicyclic) bond motifs is 5. The zero-order valence-corrected chi connectivity index (χ0v) is 17.8. The lowest BCUT2D eigenvalue weighted by molar-refractivity contribution is -0.148. The Kier molecular flexibility index (Phi) is 5.18. The zero-order valence-electron chi connectivity index (χ0n) is 17.0. The van der Waals surface area contributed by atoms with E-state index in [4.69, 9.17) is 5.14 Å². The molecule has 1 saturated heterocycles. The summed E-state index contributed by atoms with van der Waals surface area (Å²) in [6.45, 7) is 3.91. The lowest BCUT2D eigenvalue weighted by Gasteiger charge is -2.28. The van der Waals surface area contributed by atoms with Crippen molar-refractivity contribution in [1.29, 1.82) is 0 Å². The van der Waals surface area contributed by atoms with Gasteiger partial charge < -0.3 is 0 Å². The van der Waals surface area contributed by atoms with E-state index in [0.29, 0.717) is 12.0 Å². The van der Waals surface area contributed by atoms with Crippen molar-refractivity contribution < 1.29 is 22.8 Å². The normalized spacial score (nSPS) is 28.5. The van der Waals surface area contributed by atoms with Gasteiger partial charge in [-0.2, -0.15) is 0 Å². The summed E-state index contributed by atoms with van der Waals surface area (Å²) in [6.07, 6.45) is 5.34. The highest BCUT2D eigenvalue weighted by molar-refractivity contribution is 7.89. The highest BCUT2D eigenvalue weighted by atomic mass is 32.2. The molecule has 1 aromatic rings. The molecule has 5 unspecified atom stereocenters. The van der Waals surface area contributed by atoms with Crippen LogP contribution in [0.5, 0.6) is 0 Å². The van der Waals surface area contributed by atoms with E-state index >= 15 is 0 Å². The van der Waals surface area contributed by atoms with Crippen LogP contribution in [0.25, 0.3) is 0 Å². The van der Waals surface area contributed by atoms with Gasteiger partial charge in [0.1, 0.15) is 0 Å². The fourth-order valence-corrected chi connectivity index (χ4v) is 5.69. The van der Waals surface area contributed by atoms with Crippen molar-refractivity contribution in [2.75, 3.05) is 0 Å². The highest BCUT2D eigenvalue weighted by Crippen LogP contribution is 2.53. The van der Waals surface area contributed by atoms with Crippen LogP contribution in [0, 0.1) is 29.6 Å². The first kappa shape index (κ1) is 20.9. The van der Waals surface area contributed by atoms with Crippen LogP contribution in [-0.4, -0.2) is 37.0 Å². The van der Waals surface area contributed by atoms with Gasteiger partial charge in [-0.05, 0) is 48.3 Å². The topological polar surface area (TPSA) is 115 Å². The molecule has 2 aliphatic carbocycles. The molecule has 1 aliphatic heterocycles. The first-order valence-electron chi connectivity index (χ1n) is 10.3. The summed E-state index contributed by atoms with van der Waals surface area (Å²) in [5.41, 5.74) is 0.613. The van der Waals surface area contributed by atoms with E-state index in [2.05, 4.69) is 0 Å². The molecule has 2 bridgehead atoms. The molecule has 5 atom stereocenters. The summed E-state index contributed by atoms with van der Waals surface area (Å²) < 4.78 is 22.8. The largest absolute Gasteiger partial charge is 0.297 e. The molecule has 0 aromatic heterocycles. The van der Waals surface area contributed by atoms with E-state index in [9.17, 15) is 22.8 Å². The minimum atomic E-state index is -3.81. The summed E-state index contributed by atoms with van der Waals surface area (Å²) in [5.74, 6) is -0.985. The van der Waals surface area contributed by atoms with Crippen molar-refractivity contribution in [1.82, 2.24) is 4.90 Å². The molecule has 2 fully saturated rings. The number of primary sulfonamides is 1. The summed E-state index contributed by atoms with van der Waals surface area (Å²) in [5, 5.41) is 5.12. The molecule has 0 spiro atoms. The second-order valence-corrected chi connectivity index (χ2v) is 10.6. The second-order valence-electron chi connectivity index (χ2n) is 9.02. The third kappa shape index (κ3) is 3.52. The minimum absolute atomic E-state index is 0.0137. The smallest absolute Gasteiger partial charge is 0.238 e. The Balaban J connectivity index is 1.56. The molecular weight excluding hydrogens is 404 g/mol. The van der Waals surface area contributed by atoms with Crippen molar-refractivity contribution in [3.05, 3.63) is 42.0 Å². The van der Waals surface area contributed by atoms with Gasteiger partial charge in [-0.15, -0.1) is 0 Å². The number of hydrogen-bond acceptors (Lipinski definition) is 5. The number of hydrogen-bond donors (Lipinski definition) is 1. The number of imide groups is 1. The fourth-order valence-electron chi connectivity index (χ4n) is 5.18. The molecule has 3 aliphatic rings. The number of benzene rings is 1. The number of nitrogens with zero attached hydrogens (tertiary/aromatic N) is 1. The third-order valence-electron chi connectivity index (χ3n) is 6.51. The molecule has 1 saturated carbocycles. The average Bonchev–Trinajstić information content (AvgIpc) is 3.33. The Hall–Kier alpha value is -2.32. The number of Topliss-reactive ketones (excluding diaryl/α,β-unsaturated/α-hetero) is 1. The van der Waals surface area contributed by atoms with E-state index in [1.54, 1.807) is 0 Å². The number of ketones is 1. The Bertz CT molecular complexity index is 998. The maximum atomic E-state index is 13.2. The molecule has 4 rings (SSSR count). The predicted molar refractivity (Wildman–Crippen MR) is 109 cm³/mol. The predicted octanol–water partition coefficient (Wildman–Crippen LogP) is 1.67. The zero-order chi connectivity index (χ0) is 21.8. The van der Waals surface area contributed by atoms with Gasteiger partial charge in [0, 0.05) is 6.42 Å². The van der Waals surface area contributed by atoms with Crippen LogP contribution >= 0.6 is 0 Å². The second kappa shape index (κ2) is 7.42. The number of sulfonamides is 1. The molecule has 160 valence electrons. The maximum Gasteiger partial charge on any atom is 0.238 e. The molecule has 8 heteroatoms. The average molecular weight is 431 g/mol. The molecule has 2 N–H and O–H groups in total. The van der Waals surface area contributed by atoms with Crippen molar-refractivity contribution in [3.8, 4) is 0 Å². The Labute approximate surface area is 176 Å². The molecular formula is C22H26N2O5S.